The Labute approximate surface area is 128 Å². The number of carbonyl (C=O) groups is 1. The summed E-state index contributed by atoms with van der Waals surface area (Å²) in [4.78, 5) is 22.7. The second-order valence-electron chi connectivity index (χ2n) is 5.60. The fourth-order valence-electron chi connectivity index (χ4n) is 2.47. The Bertz CT molecular complexity index is 771. The van der Waals surface area contributed by atoms with Gasteiger partial charge in [0.25, 0.3) is 0 Å². The minimum Gasteiger partial charge on any atom is -0.550 e. The Balaban J connectivity index is 2.58. The van der Waals surface area contributed by atoms with Gasteiger partial charge in [-0.1, -0.05) is 0 Å². The van der Waals surface area contributed by atoms with Gasteiger partial charge in [-0.05, 0) is 58.2 Å². The van der Waals surface area contributed by atoms with Crippen LogP contribution in [0.3, 0.4) is 0 Å². The highest BCUT2D eigenvalue weighted by molar-refractivity contribution is 5.85. The number of benzene rings is 1. The zero-order valence-electron chi connectivity index (χ0n) is 13.2. The van der Waals surface area contributed by atoms with Crippen LogP contribution >= 0.6 is 0 Å². The first kappa shape index (κ1) is 16.1. The summed E-state index contributed by atoms with van der Waals surface area (Å²) in [5, 5.41) is 11.4. The van der Waals surface area contributed by atoms with Gasteiger partial charge in [0.05, 0.1) is 6.10 Å². The third-order valence-corrected chi connectivity index (χ3v) is 3.60. The van der Waals surface area contributed by atoms with Crippen molar-refractivity contribution in [1.29, 1.82) is 0 Å². The van der Waals surface area contributed by atoms with E-state index >= 15 is 0 Å². The van der Waals surface area contributed by atoms with Crippen molar-refractivity contribution in [3.8, 4) is 5.75 Å². The van der Waals surface area contributed by atoms with Crippen LogP contribution in [0.25, 0.3) is 11.0 Å². The van der Waals surface area contributed by atoms with E-state index in [-0.39, 0.29) is 18.9 Å². The molecule has 1 heterocycles. The van der Waals surface area contributed by atoms with Gasteiger partial charge in [0.15, 0.2) is 0 Å². The lowest BCUT2D eigenvalue weighted by Crippen LogP contribution is -2.24. The smallest absolute Gasteiger partial charge is 0.339 e. The average molecular weight is 303 g/mol. The lowest BCUT2D eigenvalue weighted by Gasteiger charge is -2.15. The molecule has 0 aliphatic heterocycles. The van der Waals surface area contributed by atoms with Gasteiger partial charge < -0.3 is 19.1 Å². The van der Waals surface area contributed by atoms with Crippen molar-refractivity contribution in [2.45, 2.75) is 46.6 Å². The SMILES string of the molecule is Cc1c(CCC(=O)[O-])c(=O)oc2c(C)c(OC(C)C)ccc12. The molecule has 0 radical (unpaired) electrons. The van der Waals surface area contributed by atoms with Crippen LogP contribution in [0.15, 0.2) is 21.3 Å². The molecular formula is C17H19O5-. The summed E-state index contributed by atoms with van der Waals surface area (Å²) >= 11 is 0. The third-order valence-electron chi connectivity index (χ3n) is 3.60. The van der Waals surface area contributed by atoms with Crippen LogP contribution in [0.2, 0.25) is 0 Å². The summed E-state index contributed by atoms with van der Waals surface area (Å²) in [7, 11) is 0. The standard InChI is InChI=1S/C17H20O5/c1-9(2)21-14-7-5-12-10(3)13(6-8-15(18)19)17(20)22-16(12)11(14)4/h5,7,9H,6,8H2,1-4H3,(H,18,19)/p-1. The zero-order chi connectivity index (χ0) is 16.4. The molecule has 1 aromatic carbocycles. The van der Waals surface area contributed by atoms with Crippen LogP contribution in [-0.4, -0.2) is 12.1 Å². The molecule has 0 saturated heterocycles. The van der Waals surface area contributed by atoms with Gasteiger partial charge in [0, 0.05) is 22.5 Å². The lowest BCUT2D eigenvalue weighted by molar-refractivity contribution is -0.305. The van der Waals surface area contributed by atoms with Gasteiger partial charge >= 0.3 is 5.63 Å². The molecule has 1 aromatic heterocycles. The summed E-state index contributed by atoms with van der Waals surface area (Å²) in [6.45, 7) is 7.48. The number of fused-ring (bicyclic) bond motifs is 1. The number of carboxylic acid groups (broad SMARTS) is 1. The van der Waals surface area contributed by atoms with Crippen molar-refractivity contribution in [2.75, 3.05) is 0 Å². The van der Waals surface area contributed by atoms with Crippen LogP contribution in [0.1, 0.15) is 37.0 Å². The lowest BCUT2D eigenvalue weighted by atomic mass is 10.0. The molecule has 0 fully saturated rings. The van der Waals surface area contributed by atoms with Gasteiger partial charge in [-0.15, -0.1) is 0 Å². The molecule has 2 aromatic rings. The Morgan fingerprint density at radius 1 is 1.27 bits per heavy atom. The number of ether oxygens (including phenoxy) is 1. The monoisotopic (exact) mass is 303 g/mol. The number of aryl methyl sites for hydroxylation is 2. The van der Waals surface area contributed by atoms with E-state index in [1.807, 2.05) is 32.9 Å². The summed E-state index contributed by atoms with van der Waals surface area (Å²) in [5.74, 6) is -0.511. The molecule has 5 heteroatoms. The second-order valence-corrected chi connectivity index (χ2v) is 5.60. The fourth-order valence-corrected chi connectivity index (χ4v) is 2.47. The minimum atomic E-state index is -1.18. The van der Waals surface area contributed by atoms with E-state index in [0.29, 0.717) is 16.9 Å². The Morgan fingerprint density at radius 2 is 1.95 bits per heavy atom. The Hall–Kier alpha value is -2.30. The van der Waals surface area contributed by atoms with Crippen LogP contribution in [-0.2, 0) is 11.2 Å². The minimum absolute atomic E-state index is 0.0197. The van der Waals surface area contributed by atoms with Gasteiger partial charge in [-0.3, -0.25) is 0 Å². The fraction of sp³-hybridized carbons (Fsp3) is 0.412. The normalized spacial score (nSPS) is 11.1. The number of hydrogen-bond donors (Lipinski definition) is 0. The molecule has 0 amide bonds. The van der Waals surface area contributed by atoms with E-state index in [4.69, 9.17) is 9.15 Å². The van der Waals surface area contributed by atoms with Crippen molar-refractivity contribution in [3.05, 3.63) is 39.2 Å². The largest absolute Gasteiger partial charge is 0.550 e. The predicted octanol–water partition coefficient (Wildman–Crippen LogP) is 1.88. The van der Waals surface area contributed by atoms with Crippen molar-refractivity contribution < 1.29 is 19.1 Å². The van der Waals surface area contributed by atoms with E-state index in [1.54, 1.807) is 6.92 Å². The maximum atomic E-state index is 12.1. The summed E-state index contributed by atoms with van der Waals surface area (Å²) < 4.78 is 11.1. The molecular weight excluding hydrogens is 284 g/mol. The van der Waals surface area contributed by atoms with E-state index in [1.165, 1.54) is 0 Å². The molecule has 0 unspecified atom stereocenters. The Morgan fingerprint density at radius 3 is 2.55 bits per heavy atom. The number of hydrogen-bond acceptors (Lipinski definition) is 5. The van der Waals surface area contributed by atoms with E-state index in [2.05, 4.69) is 0 Å². The predicted molar refractivity (Wildman–Crippen MR) is 81.1 cm³/mol. The first-order valence-corrected chi connectivity index (χ1v) is 7.23. The number of carbonyl (C=O) groups excluding carboxylic acids is 1. The highest BCUT2D eigenvalue weighted by Gasteiger charge is 2.15. The Kier molecular flexibility index (Phi) is 4.54. The zero-order valence-corrected chi connectivity index (χ0v) is 13.2. The van der Waals surface area contributed by atoms with E-state index in [0.717, 1.165) is 16.5 Å². The molecule has 118 valence electrons. The number of carboxylic acids is 1. The van der Waals surface area contributed by atoms with Crippen LogP contribution in [0.5, 0.6) is 5.75 Å². The van der Waals surface area contributed by atoms with Gasteiger partial charge in [-0.2, -0.15) is 0 Å². The molecule has 5 nitrogen and oxygen atoms in total. The highest BCUT2D eigenvalue weighted by Crippen LogP contribution is 2.30. The molecule has 0 aliphatic rings. The summed E-state index contributed by atoms with van der Waals surface area (Å²) in [6, 6.07) is 3.67. The second kappa shape index (κ2) is 6.22. The molecule has 0 bridgehead atoms. The molecule has 0 atom stereocenters. The topological polar surface area (TPSA) is 79.6 Å². The third kappa shape index (κ3) is 3.13. The van der Waals surface area contributed by atoms with Crippen LogP contribution in [0.4, 0.5) is 0 Å². The molecule has 0 N–H and O–H groups in total. The summed E-state index contributed by atoms with van der Waals surface area (Å²) in [6.07, 6.45) is -0.0771. The van der Waals surface area contributed by atoms with Crippen molar-refractivity contribution in [2.24, 2.45) is 0 Å². The van der Waals surface area contributed by atoms with Gasteiger partial charge in [0.1, 0.15) is 11.3 Å². The molecule has 2 rings (SSSR count). The van der Waals surface area contributed by atoms with E-state index < -0.39 is 11.6 Å². The maximum Gasteiger partial charge on any atom is 0.339 e. The van der Waals surface area contributed by atoms with E-state index in [9.17, 15) is 14.7 Å². The molecule has 0 aliphatic carbocycles. The highest BCUT2D eigenvalue weighted by atomic mass is 16.5. The van der Waals surface area contributed by atoms with Crippen LogP contribution in [0, 0.1) is 13.8 Å². The van der Waals surface area contributed by atoms with Crippen LogP contribution < -0.4 is 15.5 Å². The first-order valence-electron chi connectivity index (χ1n) is 7.23. The molecule has 22 heavy (non-hydrogen) atoms. The van der Waals surface area contributed by atoms with Gasteiger partial charge in [0.2, 0.25) is 0 Å². The molecule has 0 saturated carbocycles. The van der Waals surface area contributed by atoms with Crippen molar-refractivity contribution >= 4 is 16.9 Å². The van der Waals surface area contributed by atoms with Crippen molar-refractivity contribution in [1.82, 2.24) is 0 Å². The maximum absolute atomic E-state index is 12.1. The quantitative estimate of drug-likeness (QED) is 0.788. The number of aliphatic carboxylic acids is 1. The summed E-state index contributed by atoms with van der Waals surface area (Å²) in [5.41, 5.74) is 1.87. The molecule has 0 spiro atoms. The van der Waals surface area contributed by atoms with Crippen molar-refractivity contribution in [3.63, 3.8) is 0 Å². The van der Waals surface area contributed by atoms with Gasteiger partial charge in [-0.25, -0.2) is 4.79 Å². The average Bonchev–Trinajstić information content (AvgIpc) is 2.41. The first-order chi connectivity index (χ1) is 10.3. The number of rotatable bonds is 5.